The Morgan fingerprint density at radius 1 is 1.07 bits per heavy atom. The Morgan fingerprint density at radius 2 is 1.75 bits per heavy atom. The van der Waals surface area contributed by atoms with Crippen molar-refractivity contribution in [3.05, 3.63) is 65.9 Å². The van der Waals surface area contributed by atoms with Crippen LogP contribution in [0.4, 0.5) is 20.3 Å². The monoisotopic (exact) mass is 406 g/mol. The SMILES string of the molecule is CC(=O)Nc1cc(C)nn1-c1ccc(NS(=O)(=O)c2cc(F)ccc2F)cc1. The number of carbonyl (C=O) groups excluding carboxylic acids is 1. The number of nitrogens with one attached hydrogen (secondary N) is 2. The molecule has 0 fully saturated rings. The predicted molar refractivity (Wildman–Crippen MR) is 99.8 cm³/mol. The number of halogens is 2. The summed E-state index contributed by atoms with van der Waals surface area (Å²) in [5, 5.41) is 6.93. The van der Waals surface area contributed by atoms with Gasteiger partial charge in [0.1, 0.15) is 22.3 Å². The molecule has 0 saturated carbocycles. The van der Waals surface area contributed by atoms with Gasteiger partial charge in [0.15, 0.2) is 0 Å². The molecule has 0 unspecified atom stereocenters. The van der Waals surface area contributed by atoms with Crippen molar-refractivity contribution in [2.45, 2.75) is 18.7 Å². The fraction of sp³-hybridized carbons (Fsp3) is 0.111. The molecule has 0 aliphatic rings. The van der Waals surface area contributed by atoms with E-state index in [1.807, 2.05) is 0 Å². The lowest BCUT2D eigenvalue weighted by molar-refractivity contribution is -0.114. The highest BCUT2D eigenvalue weighted by Gasteiger charge is 2.20. The highest BCUT2D eigenvalue weighted by molar-refractivity contribution is 7.92. The van der Waals surface area contributed by atoms with E-state index in [0.29, 0.717) is 23.3 Å². The smallest absolute Gasteiger partial charge is 0.264 e. The molecule has 1 aromatic heterocycles. The predicted octanol–water partition coefficient (Wildman–Crippen LogP) is 3.22. The van der Waals surface area contributed by atoms with Gasteiger partial charge in [-0.05, 0) is 49.4 Å². The van der Waals surface area contributed by atoms with Gasteiger partial charge in [0.05, 0.1) is 11.4 Å². The highest BCUT2D eigenvalue weighted by Crippen LogP contribution is 2.22. The molecule has 2 aromatic carbocycles. The Labute approximate surface area is 160 Å². The van der Waals surface area contributed by atoms with Gasteiger partial charge in [-0.25, -0.2) is 21.9 Å². The summed E-state index contributed by atoms with van der Waals surface area (Å²) in [6.45, 7) is 3.13. The Kier molecular flexibility index (Phi) is 5.14. The van der Waals surface area contributed by atoms with E-state index in [4.69, 9.17) is 0 Å². The molecule has 0 saturated heterocycles. The average molecular weight is 406 g/mol. The second kappa shape index (κ2) is 7.39. The topological polar surface area (TPSA) is 93.1 Å². The summed E-state index contributed by atoms with van der Waals surface area (Å²) in [6, 6.07) is 9.90. The van der Waals surface area contributed by atoms with E-state index in [9.17, 15) is 22.0 Å². The third-order valence-electron chi connectivity index (χ3n) is 3.68. The number of aryl methyl sites for hydroxylation is 1. The third-order valence-corrected chi connectivity index (χ3v) is 5.08. The standard InChI is InChI=1S/C18H16F2N4O3S/c1-11-9-18(21-12(2)25)24(22-11)15-6-4-14(5-7-15)23-28(26,27)17-10-13(19)3-8-16(17)20/h3-10,23H,1-2H3,(H,21,25). The maximum atomic E-state index is 13.8. The van der Waals surface area contributed by atoms with Crippen LogP contribution in [0.25, 0.3) is 5.69 Å². The van der Waals surface area contributed by atoms with E-state index < -0.39 is 26.6 Å². The van der Waals surface area contributed by atoms with E-state index in [-0.39, 0.29) is 11.6 Å². The first-order valence-electron chi connectivity index (χ1n) is 8.08. The third kappa shape index (κ3) is 4.17. The van der Waals surface area contributed by atoms with Crippen LogP contribution in [0.1, 0.15) is 12.6 Å². The van der Waals surface area contributed by atoms with Crippen LogP contribution >= 0.6 is 0 Å². The van der Waals surface area contributed by atoms with Crippen molar-refractivity contribution in [3.8, 4) is 5.69 Å². The van der Waals surface area contributed by atoms with Gasteiger partial charge < -0.3 is 5.32 Å². The number of amides is 1. The lowest BCUT2D eigenvalue weighted by Gasteiger charge is -2.11. The molecule has 0 radical (unpaired) electrons. The maximum absolute atomic E-state index is 13.8. The van der Waals surface area contributed by atoms with Crippen LogP contribution in [0.2, 0.25) is 0 Å². The van der Waals surface area contributed by atoms with E-state index in [1.165, 1.54) is 23.7 Å². The Hall–Kier alpha value is -3.27. The Balaban J connectivity index is 1.88. The average Bonchev–Trinajstić information content (AvgIpc) is 2.97. The van der Waals surface area contributed by atoms with E-state index in [0.717, 1.165) is 12.1 Å². The summed E-state index contributed by atoms with van der Waals surface area (Å²) in [5.41, 5.74) is 1.39. The number of sulfonamides is 1. The van der Waals surface area contributed by atoms with Gasteiger partial charge in [-0.1, -0.05) is 0 Å². The quantitative estimate of drug-likeness (QED) is 0.680. The summed E-state index contributed by atoms with van der Waals surface area (Å²) in [6.07, 6.45) is 0. The molecule has 1 heterocycles. The van der Waals surface area contributed by atoms with Crippen LogP contribution in [0.15, 0.2) is 53.4 Å². The van der Waals surface area contributed by atoms with E-state index in [2.05, 4.69) is 15.1 Å². The number of nitrogens with zero attached hydrogens (tertiary/aromatic N) is 2. The lowest BCUT2D eigenvalue weighted by atomic mass is 10.3. The molecule has 0 bridgehead atoms. The van der Waals surface area contributed by atoms with Crippen molar-refractivity contribution >= 4 is 27.4 Å². The van der Waals surface area contributed by atoms with Crippen molar-refractivity contribution in [1.29, 1.82) is 0 Å². The largest absolute Gasteiger partial charge is 0.311 e. The number of carbonyl (C=O) groups is 1. The van der Waals surface area contributed by atoms with E-state index >= 15 is 0 Å². The molecule has 10 heteroatoms. The molecule has 0 spiro atoms. The Morgan fingerprint density at radius 3 is 2.39 bits per heavy atom. The fourth-order valence-electron chi connectivity index (χ4n) is 2.53. The second-order valence-corrected chi connectivity index (χ2v) is 7.64. The number of aromatic nitrogens is 2. The minimum absolute atomic E-state index is 0.150. The van der Waals surface area contributed by atoms with Crippen molar-refractivity contribution in [2.24, 2.45) is 0 Å². The van der Waals surface area contributed by atoms with Gasteiger partial charge in [-0.3, -0.25) is 9.52 Å². The number of benzene rings is 2. The van der Waals surface area contributed by atoms with Gasteiger partial charge in [0.2, 0.25) is 5.91 Å². The van der Waals surface area contributed by atoms with Gasteiger partial charge in [-0.15, -0.1) is 0 Å². The zero-order valence-electron chi connectivity index (χ0n) is 14.9. The molecule has 2 N–H and O–H groups in total. The zero-order valence-corrected chi connectivity index (χ0v) is 15.7. The molecule has 0 atom stereocenters. The lowest BCUT2D eigenvalue weighted by Crippen LogP contribution is -2.15. The van der Waals surface area contributed by atoms with Crippen LogP contribution in [0.5, 0.6) is 0 Å². The first-order valence-corrected chi connectivity index (χ1v) is 9.56. The summed E-state index contributed by atoms with van der Waals surface area (Å²) in [4.78, 5) is 10.5. The van der Waals surface area contributed by atoms with Crippen LogP contribution in [-0.2, 0) is 14.8 Å². The highest BCUT2D eigenvalue weighted by atomic mass is 32.2. The molecule has 28 heavy (non-hydrogen) atoms. The van der Waals surface area contributed by atoms with Crippen LogP contribution in [-0.4, -0.2) is 24.1 Å². The summed E-state index contributed by atoms with van der Waals surface area (Å²) >= 11 is 0. The molecule has 0 aliphatic carbocycles. The number of hydrogen-bond acceptors (Lipinski definition) is 4. The van der Waals surface area contributed by atoms with Gasteiger partial charge in [0, 0.05) is 18.7 Å². The van der Waals surface area contributed by atoms with Crippen LogP contribution in [0.3, 0.4) is 0 Å². The molecule has 146 valence electrons. The molecule has 3 rings (SSSR count). The first kappa shape index (κ1) is 19.5. The summed E-state index contributed by atoms with van der Waals surface area (Å²) < 4.78 is 55.4. The molecular formula is C18H16F2N4O3S. The van der Waals surface area contributed by atoms with Crippen LogP contribution < -0.4 is 10.0 Å². The normalized spacial score (nSPS) is 11.3. The Bertz CT molecular complexity index is 1140. The summed E-state index contributed by atoms with van der Waals surface area (Å²) in [7, 11) is -4.31. The summed E-state index contributed by atoms with van der Waals surface area (Å²) in [5.74, 6) is -1.73. The number of hydrogen-bond donors (Lipinski definition) is 2. The maximum Gasteiger partial charge on any atom is 0.264 e. The minimum atomic E-state index is -4.31. The molecule has 7 nitrogen and oxygen atoms in total. The van der Waals surface area contributed by atoms with Crippen LogP contribution in [0, 0.1) is 18.6 Å². The van der Waals surface area contributed by atoms with Gasteiger partial charge in [0.25, 0.3) is 10.0 Å². The van der Waals surface area contributed by atoms with Crippen molar-refractivity contribution in [2.75, 3.05) is 10.0 Å². The molecule has 1 amide bonds. The second-order valence-electron chi connectivity index (χ2n) is 5.99. The van der Waals surface area contributed by atoms with Crippen molar-refractivity contribution in [3.63, 3.8) is 0 Å². The number of rotatable bonds is 5. The van der Waals surface area contributed by atoms with E-state index in [1.54, 1.807) is 25.1 Å². The van der Waals surface area contributed by atoms with Gasteiger partial charge in [-0.2, -0.15) is 5.10 Å². The number of anilines is 2. The first-order chi connectivity index (χ1) is 13.2. The molecular weight excluding hydrogens is 390 g/mol. The van der Waals surface area contributed by atoms with Gasteiger partial charge >= 0.3 is 0 Å². The minimum Gasteiger partial charge on any atom is -0.311 e. The molecule has 0 aliphatic heterocycles. The van der Waals surface area contributed by atoms with Crippen molar-refractivity contribution < 1.29 is 22.0 Å². The van der Waals surface area contributed by atoms with Crippen molar-refractivity contribution in [1.82, 2.24) is 9.78 Å². The fourth-order valence-corrected chi connectivity index (χ4v) is 3.68. The molecule has 3 aromatic rings. The zero-order chi connectivity index (χ0) is 20.5.